The number of aliphatic hydroxyl groups excluding tert-OH is 5. The van der Waals surface area contributed by atoms with E-state index in [1.54, 1.807) is 6.08 Å². The van der Waals surface area contributed by atoms with Gasteiger partial charge >= 0.3 is 5.97 Å². The molecule has 11 nitrogen and oxygen atoms in total. The van der Waals surface area contributed by atoms with E-state index in [-0.39, 0.29) is 19.4 Å². The molecule has 1 saturated heterocycles. The number of unbranched alkanes of at least 4 members (excludes halogenated alkanes) is 26. The Balaban J connectivity index is 2.77. The maximum atomic E-state index is 13.4. The molecule has 8 atom stereocenters. The molecule has 0 aliphatic carbocycles. The van der Waals surface area contributed by atoms with E-state index in [9.17, 15) is 35.1 Å². The van der Waals surface area contributed by atoms with Crippen LogP contribution in [0, 0.1) is 0 Å². The summed E-state index contributed by atoms with van der Waals surface area (Å²) in [6, 6.07) is -1.04. The second-order valence-electron chi connectivity index (χ2n) is 20.0. The van der Waals surface area contributed by atoms with Crippen LogP contribution in [0.25, 0.3) is 0 Å². The lowest BCUT2D eigenvalue weighted by molar-refractivity contribution is -0.305. The van der Waals surface area contributed by atoms with Gasteiger partial charge in [-0.3, -0.25) is 9.59 Å². The van der Waals surface area contributed by atoms with E-state index in [4.69, 9.17) is 14.2 Å². The number of carbonyl (C=O) groups is 2. The quantitative estimate of drug-likeness (QED) is 0.0196. The minimum absolute atomic E-state index is 0.0992. The predicted molar refractivity (Wildman–Crippen MR) is 292 cm³/mol. The fourth-order valence-corrected chi connectivity index (χ4v) is 8.71. The lowest BCUT2D eigenvalue weighted by Gasteiger charge is -2.41. The van der Waals surface area contributed by atoms with Crippen LogP contribution in [0.15, 0.2) is 60.8 Å². The van der Waals surface area contributed by atoms with E-state index in [1.807, 2.05) is 6.08 Å². The molecule has 0 bridgehead atoms. The Labute approximate surface area is 433 Å². The fraction of sp³-hybridized carbons (Fsp3) is 0.800. The van der Waals surface area contributed by atoms with Crippen molar-refractivity contribution >= 4 is 11.9 Å². The third-order valence-electron chi connectivity index (χ3n) is 13.4. The van der Waals surface area contributed by atoms with Gasteiger partial charge in [0.15, 0.2) is 12.4 Å². The first-order chi connectivity index (χ1) is 34.7. The summed E-state index contributed by atoms with van der Waals surface area (Å²) in [5, 5.41) is 56.8. The van der Waals surface area contributed by atoms with Crippen molar-refractivity contribution < 1.29 is 49.3 Å². The number of aliphatic hydroxyl groups is 5. The maximum absolute atomic E-state index is 13.4. The average Bonchev–Trinajstić information content (AvgIpc) is 3.37. The number of hydrogen-bond acceptors (Lipinski definition) is 10. The second kappa shape index (κ2) is 48.3. The van der Waals surface area contributed by atoms with Crippen molar-refractivity contribution in [2.75, 3.05) is 13.2 Å². The number of amides is 1. The average molecular weight is 1000 g/mol. The summed E-state index contributed by atoms with van der Waals surface area (Å²) in [6.45, 7) is 5.72. The van der Waals surface area contributed by atoms with Crippen LogP contribution >= 0.6 is 0 Å². The third-order valence-corrected chi connectivity index (χ3v) is 13.4. The zero-order valence-electron chi connectivity index (χ0n) is 45.3. The minimum atomic E-state index is -1.62. The van der Waals surface area contributed by atoms with Gasteiger partial charge in [0.2, 0.25) is 5.91 Å². The van der Waals surface area contributed by atoms with Crippen LogP contribution in [-0.4, -0.2) is 99.6 Å². The molecule has 1 amide bonds. The summed E-state index contributed by atoms with van der Waals surface area (Å²) in [5.74, 6) is -1.23. The van der Waals surface area contributed by atoms with Gasteiger partial charge in [0.25, 0.3) is 0 Å². The Bertz CT molecular complexity index is 1380. The van der Waals surface area contributed by atoms with Gasteiger partial charge in [0.1, 0.15) is 24.4 Å². The normalized spacial score (nSPS) is 20.0. The highest BCUT2D eigenvalue weighted by Crippen LogP contribution is 2.26. The molecule has 71 heavy (non-hydrogen) atoms. The van der Waals surface area contributed by atoms with Gasteiger partial charge in [-0.2, -0.15) is 0 Å². The first-order valence-electron chi connectivity index (χ1n) is 29.1. The van der Waals surface area contributed by atoms with Gasteiger partial charge in [-0.15, -0.1) is 0 Å². The second-order valence-corrected chi connectivity index (χ2v) is 20.0. The molecular weight excluding hydrogens is 895 g/mol. The molecule has 0 aromatic heterocycles. The summed E-state index contributed by atoms with van der Waals surface area (Å²) in [4.78, 5) is 26.4. The summed E-state index contributed by atoms with van der Waals surface area (Å²) >= 11 is 0. The number of hydrogen-bond donors (Lipinski definition) is 6. The zero-order valence-corrected chi connectivity index (χ0v) is 45.3. The van der Waals surface area contributed by atoms with E-state index in [1.165, 1.54) is 116 Å². The van der Waals surface area contributed by atoms with Crippen molar-refractivity contribution in [2.45, 2.75) is 294 Å². The molecule has 1 rings (SSSR count). The summed E-state index contributed by atoms with van der Waals surface area (Å²) in [6.07, 6.45) is 48.3. The number of ether oxygens (including phenoxy) is 3. The van der Waals surface area contributed by atoms with E-state index in [0.29, 0.717) is 12.8 Å². The predicted octanol–water partition coefficient (Wildman–Crippen LogP) is 13.1. The van der Waals surface area contributed by atoms with Crippen LogP contribution < -0.4 is 5.32 Å². The molecule has 0 aromatic carbocycles. The first-order valence-corrected chi connectivity index (χ1v) is 29.1. The van der Waals surface area contributed by atoms with E-state index in [0.717, 1.165) is 83.5 Å². The lowest BCUT2D eigenvalue weighted by atomic mass is 9.99. The highest BCUT2D eigenvalue weighted by atomic mass is 16.7. The van der Waals surface area contributed by atoms with Crippen molar-refractivity contribution in [1.82, 2.24) is 5.32 Å². The van der Waals surface area contributed by atoms with Crippen LogP contribution in [0.1, 0.15) is 245 Å². The first kappa shape index (κ1) is 66.4. The molecule has 6 N–H and O–H groups in total. The largest absolute Gasteiger partial charge is 0.454 e. The SMILES string of the molecule is CCCCC/C=C\C/C=C\C/C=C\CCCCCC(O)C(=O)NC(COC1OC(CO)C(O)C(O)C1OC(=O)CCCCC/C=C\CCCCCCCC)C(O)/C=C/CCCCCCCCCCCCC. The number of carbonyl (C=O) groups excluding carboxylic acids is 2. The number of esters is 1. The molecule has 412 valence electrons. The molecule has 1 heterocycles. The Morgan fingerprint density at radius 1 is 0.549 bits per heavy atom. The van der Waals surface area contributed by atoms with E-state index in [2.05, 4.69) is 74.7 Å². The van der Waals surface area contributed by atoms with Crippen molar-refractivity contribution in [3.63, 3.8) is 0 Å². The van der Waals surface area contributed by atoms with Crippen LogP contribution in [-0.2, 0) is 23.8 Å². The molecule has 1 aliphatic heterocycles. The molecule has 0 aromatic rings. The van der Waals surface area contributed by atoms with Gasteiger partial charge in [-0.1, -0.05) is 210 Å². The van der Waals surface area contributed by atoms with Gasteiger partial charge in [0, 0.05) is 6.42 Å². The van der Waals surface area contributed by atoms with Gasteiger partial charge < -0.3 is 45.1 Å². The van der Waals surface area contributed by atoms with Gasteiger partial charge in [-0.25, -0.2) is 0 Å². The number of nitrogens with one attached hydrogen (secondary N) is 1. The van der Waals surface area contributed by atoms with Crippen LogP contribution in [0.3, 0.4) is 0 Å². The van der Waals surface area contributed by atoms with Crippen molar-refractivity contribution in [1.29, 1.82) is 0 Å². The Morgan fingerprint density at radius 3 is 1.49 bits per heavy atom. The monoisotopic (exact) mass is 1000 g/mol. The van der Waals surface area contributed by atoms with E-state index >= 15 is 0 Å². The van der Waals surface area contributed by atoms with Crippen molar-refractivity contribution in [2.24, 2.45) is 0 Å². The molecule has 0 radical (unpaired) electrons. The zero-order chi connectivity index (χ0) is 51.8. The highest BCUT2D eigenvalue weighted by Gasteiger charge is 2.47. The molecule has 11 heteroatoms. The van der Waals surface area contributed by atoms with Crippen molar-refractivity contribution in [3.05, 3.63) is 60.8 Å². The Kier molecular flexibility index (Phi) is 45.2. The number of allylic oxidation sites excluding steroid dienone is 9. The van der Waals surface area contributed by atoms with Gasteiger partial charge in [-0.05, 0) is 89.9 Å². The Morgan fingerprint density at radius 2 is 0.972 bits per heavy atom. The Hall–Kier alpha value is -2.64. The smallest absolute Gasteiger partial charge is 0.306 e. The highest BCUT2D eigenvalue weighted by molar-refractivity contribution is 5.80. The molecule has 8 unspecified atom stereocenters. The third kappa shape index (κ3) is 36.9. The van der Waals surface area contributed by atoms with Crippen LogP contribution in [0.4, 0.5) is 0 Å². The molecule has 0 spiro atoms. The summed E-state index contributed by atoms with van der Waals surface area (Å²) in [7, 11) is 0. The molecule has 1 aliphatic rings. The van der Waals surface area contributed by atoms with E-state index < -0.39 is 67.4 Å². The fourth-order valence-electron chi connectivity index (χ4n) is 8.71. The topological polar surface area (TPSA) is 175 Å². The molecule has 0 saturated carbocycles. The summed E-state index contributed by atoms with van der Waals surface area (Å²) in [5.41, 5.74) is 0. The molecular formula is C60H107NO10. The summed E-state index contributed by atoms with van der Waals surface area (Å²) < 4.78 is 17.5. The van der Waals surface area contributed by atoms with Crippen molar-refractivity contribution in [3.8, 4) is 0 Å². The molecule has 1 fully saturated rings. The lowest BCUT2D eigenvalue weighted by Crippen LogP contribution is -2.61. The van der Waals surface area contributed by atoms with Crippen LogP contribution in [0.5, 0.6) is 0 Å². The number of rotatable bonds is 48. The van der Waals surface area contributed by atoms with Crippen LogP contribution in [0.2, 0.25) is 0 Å². The van der Waals surface area contributed by atoms with Gasteiger partial charge in [0.05, 0.1) is 25.4 Å². The standard InChI is InChI=1S/C60H107NO10/c1-4-7-10-13-16-19-22-25-26-27-30-32-35-38-41-44-47-53(64)59(68)61-51(52(63)46-43-40-37-34-31-28-23-20-17-14-11-8-5-2)50-69-60-58(57(67)56(66)54(49-62)70-60)71-55(65)48-45-42-39-36-33-29-24-21-18-15-12-9-6-3/h16,19,25-26,29-30,32-33,43,46,51-54,56-58,60,62-64,66-67H,4-15,17-18,20-24,27-28,31,34-42,44-45,47-50H2,1-3H3,(H,61,68)/b19-16-,26-25-,32-30-,33-29-,46-43+. The minimum Gasteiger partial charge on any atom is -0.454 e. The maximum Gasteiger partial charge on any atom is 0.306 e.